The van der Waals surface area contributed by atoms with Crippen molar-refractivity contribution in [3.05, 3.63) is 113 Å². The van der Waals surface area contributed by atoms with Crippen LogP contribution in [0.5, 0.6) is 0 Å². The number of rotatable bonds is 7. The van der Waals surface area contributed by atoms with Crippen molar-refractivity contribution >= 4 is 24.0 Å². The van der Waals surface area contributed by atoms with Gasteiger partial charge in [-0.1, -0.05) is 66.7 Å². The smallest absolute Gasteiger partial charge is 0.214 e. The van der Waals surface area contributed by atoms with Crippen LogP contribution in [0.15, 0.2) is 95.2 Å². The second-order valence-electron chi connectivity index (χ2n) is 9.23. The van der Waals surface area contributed by atoms with E-state index in [2.05, 4.69) is 76.5 Å². The molecule has 3 aromatic carbocycles. The molecule has 5 rings (SSSR count). The van der Waals surface area contributed by atoms with E-state index in [0.717, 1.165) is 31.0 Å². The lowest BCUT2D eigenvalue weighted by atomic mass is 9.90. The SMILES string of the molecule is C=NC1=C(NCc2ccc(N3CCC(Cc4ccccc4)CC3)cc2)C(=O)c2ccccc2C1=O. The molecule has 3 aromatic rings. The molecule has 2 aliphatic rings. The van der Waals surface area contributed by atoms with Crippen molar-refractivity contribution in [3.8, 4) is 0 Å². The molecular formula is C30H29N3O2. The molecule has 1 fully saturated rings. The minimum Gasteiger partial charge on any atom is -0.376 e. The number of ketones is 2. The van der Waals surface area contributed by atoms with Crippen molar-refractivity contribution in [3.63, 3.8) is 0 Å². The third-order valence-corrected chi connectivity index (χ3v) is 7.01. The second kappa shape index (κ2) is 10.1. The topological polar surface area (TPSA) is 61.8 Å². The quantitative estimate of drug-likeness (QED) is 0.488. The predicted octanol–water partition coefficient (Wildman–Crippen LogP) is 5.23. The Labute approximate surface area is 206 Å². The van der Waals surface area contributed by atoms with Crippen molar-refractivity contribution in [2.45, 2.75) is 25.8 Å². The van der Waals surface area contributed by atoms with E-state index in [1.807, 2.05) is 0 Å². The molecule has 1 aliphatic heterocycles. The summed E-state index contributed by atoms with van der Waals surface area (Å²) in [6.07, 6.45) is 3.55. The monoisotopic (exact) mass is 463 g/mol. The van der Waals surface area contributed by atoms with E-state index >= 15 is 0 Å². The number of nitrogens with zero attached hydrogens (tertiary/aromatic N) is 2. The van der Waals surface area contributed by atoms with Crippen LogP contribution in [0, 0.1) is 5.92 Å². The van der Waals surface area contributed by atoms with E-state index in [1.165, 1.54) is 24.1 Å². The molecule has 1 aliphatic carbocycles. The Bertz CT molecular complexity index is 1270. The summed E-state index contributed by atoms with van der Waals surface area (Å²) in [5, 5.41) is 3.15. The van der Waals surface area contributed by atoms with Gasteiger partial charge in [0.25, 0.3) is 0 Å². The fourth-order valence-corrected chi connectivity index (χ4v) is 5.04. The summed E-state index contributed by atoms with van der Waals surface area (Å²) in [6, 6.07) is 26.0. The number of carbonyl (C=O) groups excluding carboxylic acids is 2. The minimum absolute atomic E-state index is 0.0868. The van der Waals surface area contributed by atoms with Crippen molar-refractivity contribution in [1.82, 2.24) is 5.32 Å². The van der Waals surface area contributed by atoms with Gasteiger partial charge in [-0.25, -0.2) is 0 Å². The zero-order valence-electron chi connectivity index (χ0n) is 19.7. The Morgan fingerprint density at radius 1 is 0.800 bits per heavy atom. The highest BCUT2D eigenvalue weighted by Crippen LogP contribution is 2.27. The Morgan fingerprint density at radius 3 is 2.09 bits per heavy atom. The van der Waals surface area contributed by atoms with E-state index in [-0.39, 0.29) is 23.0 Å². The first kappa shape index (κ1) is 22.8. The summed E-state index contributed by atoms with van der Waals surface area (Å²) in [5.41, 5.74) is 4.76. The number of hydrogen-bond donors (Lipinski definition) is 1. The highest BCUT2D eigenvalue weighted by atomic mass is 16.1. The number of piperidine rings is 1. The van der Waals surface area contributed by atoms with Crippen LogP contribution in [-0.4, -0.2) is 31.4 Å². The summed E-state index contributed by atoms with van der Waals surface area (Å²) >= 11 is 0. The average molecular weight is 464 g/mol. The Hall–Kier alpha value is -3.99. The van der Waals surface area contributed by atoms with Crippen LogP contribution >= 0.6 is 0 Å². The molecule has 0 radical (unpaired) electrons. The lowest BCUT2D eigenvalue weighted by molar-refractivity contribution is 0.0967. The van der Waals surface area contributed by atoms with Crippen molar-refractivity contribution in [2.24, 2.45) is 10.9 Å². The van der Waals surface area contributed by atoms with Gasteiger partial charge in [0.2, 0.25) is 11.6 Å². The maximum absolute atomic E-state index is 13.0. The van der Waals surface area contributed by atoms with Crippen LogP contribution < -0.4 is 10.2 Å². The molecule has 5 heteroatoms. The van der Waals surface area contributed by atoms with E-state index < -0.39 is 0 Å². The van der Waals surface area contributed by atoms with Crippen LogP contribution in [-0.2, 0) is 13.0 Å². The Kier molecular flexibility index (Phi) is 6.57. The van der Waals surface area contributed by atoms with E-state index in [1.54, 1.807) is 24.3 Å². The zero-order chi connectivity index (χ0) is 24.2. The maximum Gasteiger partial charge on any atom is 0.214 e. The van der Waals surface area contributed by atoms with Crippen molar-refractivity contribution in [2.75, 3.05) is 18.0 Å². The van der Waals surface area contributed by atoms with Crippen LogP contribution in [0.25, 0.3) is 0 Å². The van der Waals surface area contributed by atoms with Gasteiger partial charge in [-0.2, -0.15) is 0 Å². The first-order valence-electron chi connectivity index (χ1n) is 12.1. The summed E-state index contributed by atoms with van der Waals surface area (Å²) in [6.45, 7) is 6.06. The van der Waals surface area contributed by atoms with E-state index in [0.29, 0.717) is 17.7 Å². The largest absolute Gasteiger partial charge is 0.376 e. The highest BCUT2D eigenvalue weighted by Gasteiger charge is 2.31. The Morgan fingerprint density at radius 2 is 1.43 bits per heavy atom. The molecule has 0 spiro atoms. The van der Waals surface area contributed by atoms with Gasteiger partial charge in [0.1, 0.15) is 11.4 Å². The van der Waals surface area contributed by atoms with Gasteiger partial charge in [0.05, 0.1) is 0 Å². The number of allylic oxidation sites excluding steroid dienone is 2. The fourth-order valence-electron chi connectivity index (χ4n) is 5.04. The molecule has 176 valence electrons. The summed E-state index contributed by atoms with van der Waals surface area (Å²) < 4.78 is 0. The summed E-state index contributed by atoms with van der Waals surface area (Å²) in [5.74, 6) is 0.236. The first-order valence-corrected chi connectivity index (χ1v) is 12.1. The van der Waals surface area contributed by atoms with Gasteiger partial charge >= 0.3 is 0 Å². The van der Waals surface area contributed by atoms with E-state index in [9.17, 15) is 9.59 Å². The fraction of sp³-hybridized carbons (Fsp3) is 0.233. The van der Waals surface area contributed by atoms with Gasteiger partial charge in [0.15, 0.2) is 0 Å². The molecule has 1 heterocycles. The number of benzene rings is 3. The molecule has 0 unspecified atom stereocenters. The van der Waals surface area contributed by atoms with Crippen LogP contribution in [0.3, 0.4) is 0 Å². The molecule has 1 N–H and O–H groups in total. The minimum atomic E-state index is -0.274. The second-order valence-corrected chi connectivity index (χ2v) is 9.23. The summed E-state index contributed by atoms with van der Waals surface area (Å²) in [4.78, 5) is 32.1. The van der Waals surface area contributed by atoms with Gasteiger partial charge in [-0.05, 0) is 55.2 Å². The van der Waals surface area contributed by atoms with Crippen molar-refractivity contribution < 1.29 is 9.59 Å². The lowest BCUT2D eigenvalue weighted by Crippen LogP contribution is -2.34. The molecule has 35 heavy (non-hydrogen) atoms. The third-order valence-electron chi connectivity index (χ3n) is 7.01. The van der Waals surface area contributed by atoms with Gasteiger partial charge in [-0.15, -0.1) is 0 Å². The number of hydrogen-bond acceptors (Lipinski definition) is 5. The molecule has 0 atom stereocenters. The molecule has 5 nitrogen and oxygen atoms in total. The van der Waals surface area contributed by atoms with E-state index in [4.69, 9.17) is 0 Å². The number of nitrogens with one attached hydrogen (secondary N) is 1. The standard InChI is InChI=1S/C30H29N3O2/c1-31-27-28(30(35)26-10-6-5-9-25(26)29(27)34)32-20-23-11-13-24(14-12-23)33-17-15-22(16-18-33)19-21-7-3-2-4-8-21/h2-14,22,32H,1,15-20H2. The van der Waals surface area contributed by atoms with Crippen LogP contribution in [0.1, 0.15) is 44.7 Å². The number of fused-ring (bicyclic) bond motifs is 1. The maximum atomic E-state index is 13.0. The Balaban J connectivity index is 1.20. The molecular weight excluding hydrogens is 434 g/mol. The number of aliphatic imine (C=N–C) groups is 1. The number of carbonyl (C=O) groups is 2. The van der Waals surface area contributed by atoms with Crippen LogP contribution in [0.4, 0.5) is 5.69 Å². The summed E-state index contributed by atoms with van der Waals surface area (Å²) in [7, 11) is 0. The van der Waals surface area contributed by atoms with Crippen LogP contribution in [0.2, 0.25) is 0 Å². The number of Topliss-reactive ketones (excluding diaryl/α,β-unsaturated/α-hetero) is 2. The third kappa shape index (κ3) is 4.80. The lowest BCUT2D eigenvalue weighted by Gasteiger charge is -2.34. The molecule has 0 saturated carbocycles. The molecule has 0 bridgehead atoms. The molecule has 0 aromatic heterocycles. The molecule has 1 saturated heterocycles. The predicted molar refractivity (Wildman–Crippen MR) is 140 cm³/mol. The highest BCUT2D eigenvalue weighted by molar-refractivity contribution is 6.26. The average Bonchev–Trinajstić information content (AvgIpc) is 2.91. The normalized spacial score (nSPS) is 16.3. The molecule has 0 amide bonds. The van der Waals surface area contributed by atoms with Gasteiger partial charge < -0.3 is 10.2 Å². The van der Waals surface area contributed by atoms with Crippen molar-refractivity contribution in [1.29, 1.82) is 0 Å². The zero-order valence-corrected chi connectivity index (χ0v) is 19.7. The number of anilines is 1. The van der Waals surface area contributed by atoms with Gasteiger partial charge in [0, 0.05) is 36.4 Å². The first-order chi connectivity index (χ1) is 17.1. The van der Waals surface area contributed by atoms with Gasteiger partial charge in [-0.3, -0.25) is 14.6 Å².